The highest BCUT2D eigenvalue weighted by Gasteiger charge is 2.37. The number of benzene rings is 5. The SMILES string of the molecule is CCC1CCC(C2CCC(c3ccc(C)c(F)c3)CC2)CC1.CCCC1CCC(C2CCC(c3ccc(C)c(F)c3)CC2)CC1.CCCCC1CCC(C2CCC(c3ccc(C)c(F)c3)CC2)CC1.CCCCCC1CCC(C2CCC(c3ccc(C)c(F)c3)CC2)CC1.Cc1ccc(C2CCC(C3CCC(C)CC3)CC2)cc1F. The molecule has 640 valence electrons. The Balaban J connectivity index is 0.000000142. The summed E-state index contributed by atoms with van der Waals surface area (Å²) < 4.78 is 69.0. The molecule has 5 heteroatoms. The number of rotatable bonds is 20. The van der Waals surface area contributed by atoms with Crippen LogP contribution in [0.3, 0.4) is 0 Å². The van der Waals surface area contributed by atoms with E-state index in [2.05, 4.69) is 65.0 Å². The Morgan fingerprint density at radius 3 is 0.626 bits per heavy atom. The Hall–Kier alpha value is -4.25. The van der Waals surface area contributed by atoms with Gasteiger partial charge < -0.3 is 0 Å². The van der Waals surface area contributed by atoms with Crippen molar-refractivity contribution in [1.29, 1.82) is 0 Å². The maximum absolute atomic E-state index is 13.8. The van der Waals surface area contributed by atoms with Crippen LogP contribution < -0.4 is 0 Å². The standard InChI is InChI=1S/C24H37F.C23H35F.C22H33F.C21H31F.C20H29F/c1-3-4-5-6-19-8-11-20(12-9-19)21-13-15-22(16-14-21)23-10-7-18(2)24(25)17-23;1-3-4-5-18-7-10-19(11-8-18)20-12-14-21(15-13-20)22-9-6-17(2)23(24)16-22;1-3-4-17-6-9-18(10-7-17)19-11-13-20(14-12-19)21-8-5-16(2)22(23)15-21;1-3-16-5-8-17(9-6-16)18-10-12-19(13-11-18)20-7-4-15(2)21(22)14-20;1-14-3-6-16(7-4-14)17-9-11-18(12-10-17)19-8-5-15(2)20(21)13-19/h7,10,17,19-22H,3-6,8-9,11-16H2,1-2H3;6,9,16,18-21H,3-5,7-8,10-15H2,1-2H3;5,8,15,17-20H,3-4,6-7,9-14H2,1-2H3;4,7,14,16-19H,3,5-6,8-13H2,1-2H3;5,8,13-14,16-18H,3-4,6-7,9-12H2,1-2H3. The van der Waals surface area contributed by atoms with E-state index in [0.29, 0.717) is 29.6 Å². The molecule has 5 aromatic rings. The molecule has 10 aliphatic carbocycles. The van der Waals surface area contributed by atoms with Crippen LogP contribution in [0, 0.1) is 152 Å². The molecule has 0 atom stereocenters. The zero-order valence-corrected chi connectivity index (χ0v) is 75.0. The second kappa shape index (κ2) is 47.2. The molecule has 0 aliphatic heterocycles. The Labute approximate surface area is 702 Å². The lowest BCUT2D eigenvalue weighted by Crippen LogP contribution is -2.25. The maximum Gasteiger partial charge on any atom is 0.126 e. The fraction of sp³-hybridized carbons (Fsp3) is 0.727. The van der Waals surface area contributed by atoms with E-state index < -0.39 is 0 Å². The highest BCUT2D eigenvalue weighted by Crippen LogP contribution is 2.51. The second-order valence-corrected chi connectivity index (χ2v) is 41.1. The summed E-state index contributed by atoms with van der Waals surface area (Å²) in [6, 6.07) is 29.4. The molecule has 0 bridgehead atoms. The topological polar surface area (TPSA) is 0 Å². The molecule has 0 aromatic heterocycles. The zero-order valence-electron chi connectivity index (χ0n) is 75.0. The lowest BCUT2D eigenvalue weighted by Gasteiger charge is -2.38. The van der Waals surface area contributed by atoms with E-state index >= 15 is 0 Å². The van der Waals surface area contributed by atoms with Crippen LogP contribution in [-0.2, 0) is 0 Å². The number of aryl methyl sites for hydroxylation is 5. The third kappa shape index (κ3) is 27.6. The van der Waals surface area contributed by atoms with Crippen LogP contribution in [0.25, 0.3) is 0 Å². The van der Waals surface area contributed by atoms with Crippen molar-refractivity contribution in [2.24, 2.45) is 88.8 Å². The lowest BCUT2D eigenvalue weighted by atomic mass is 9.68. The molecular formula is C110H165F5. The zero-order chi connectivity index (χ0) is 81.2. The predicted octanol–water partition coefficient (Wildman–Crippen LogP) is 35.1. The molecule has 0 spiro atoms. The lowest BCUT2D eigenvalue weighted by molar-refractivity contribution is 0.155. The third-order valence-corrected chi connectivity index (χ3v) is 33.6. The summed E-state index contributed by atoms with van der Waals surface area (Å²) in [4.78, 5) is 0. The van der Waals surface area contributed by atoms with Crippen LogP contribution in [0.5, 0.6) is 0 Å². The maximum atomic E-state index is 13.8. The van der Waals surface area contributed by atoms with Crippen molar-refractivity contribution in [3.63, 3.8) is 0 Å². The molecule has 10 saturated carbocycles. The molecule has 5 aromatic carbocycles. The third-order valence-electron chi connectivity index (χ3n) is 33.6. The van der Waals surface area contributed by atoms with Crippen LogP contribution in [0.15, 0.2) is 91.0 Å². The second-order valence-electron chi connectivity index (χ2n) is 41.1. The first-order chi connectivity index (χ1) is 55.8. The summed E-state index contributed by atoms with van der Waals surface area (Å²) in [6.45, 7) is 20.9. The molecule has 15 rings (SSSR count). The Morgan fingerprint density at radius 2 is 0.417 bits per heavy atom. The van der Waals surface area contributed by atoms with Crippen LogP contribution in [0.1, 0.15) is 441 Å². The summed E-state index contributed by atoms with van der Waals surface area (Å²) >= 11 is 0. The van der Waals surface area contributed by atoms with Gasteiger partial charge in [0.15, 0.2) is 0 Å². The van der Waals surface area contributed by atoms with E-state index in [9.17, 15) is 22.0 Å². The highest BCUT2D eigenvalue weighted by atomic mass is 19.1. The van der Waals surface area contributed by atoms with Gasteiger partial charge in [-0.25, -0.2) is 22.0 Å². The summed E-state index contributed by atoms with van der Waals surface area (Å²) in [7, 11) is 0. The molecule has 10 aliphatic rings. The minimum atomic E-state index is -0.0316. The van der Waals surface area contributed by atoms with E-state index in [1.165, 1.54) is 349 Å². The normalized spacial score (nSPS) is 32.0. The fourth-order valence-corrected chi connectivity index (χ4v) is 25.2. The smallest absolute Gasteiger partial charge is 0.126 e. The summed E-state index contributed by atoms with van der Waals surface area (Å²) in [5, 5.41) is 0. The minimum absolute atomic E-state index is 0.0268. The van der Waals surface area contributed by atoms with Gasteiger partial charge in [0, 0.05) is 0 Å². The minimum Gasteiger partial charge on any atom is -0.207 e. The van der Waals surface area contributed by atoms with Gasteiger partial charge in [-0.3, -0.25) is 0 Å². The molecule has 0 nitrogen and oxygen atoms in total. The molecule has 0 saturated heterocycles. The van der Waals surface area contributed by atoms with Crippen LogP contribution in [0.4, 0.5) is 22.0 Å². The van der Waals surface area contributed by atoms with E-state index in [1.807, 2.05) is 65.0 Å². The van der Waals surface area contributed by atoms with E-state index in [0.717, 1.165) is 117 Å². The van der Waals surface area contributed by atoms with Crippen molar-refractivity contribution in [2.75, 3.05) is 0 Å². The Bertz CT molecular complexity index is 3540. The van der Waals surface area contributed by atoms with E-state index in [1.54, 1.807) is 30.3 Å². The Kier molecular flexibility index (Phi) is 37.6. The average Bonchev–Trinajstić information content (AvgIpc) is 0.844. The number of hydrogen-bond donors (Lipinski definition) is 0. The molecule has 0 unspecified atom stereocenters. The summed E-state index contributed by atoms with van der Waals surface area (Å²) in [5.41, 5.74) is 10.0. The van der Waals surface area contributed by atoms with Crippen LogP contribution >= 0.6 is 0 Å². The van der Waals surface area contributed by atoms with Crippen molar-refractivity contribution in [1.82, 2.24) is 0 Å². The van der Waals surface area contributed by atoms with Gasteiger partial charge in [0.1, 0.15) is 29.1 Å². The molecule has 0 heterocycles. The fourth-order valence-electron chi connectivity index (χ4n) is 25.2. The summed E-state index contributed by atoms with van der Waals surface area (Å²) in [5.74, 6) is 17.5. The average molecular weight is 1580 g/mol. The quantitative estimate of drug-likeness (QED) is 0.0538. The summed E-state index contributed by atoms with van der Waals surface area (Å²) in [6.07, 6.45) is 69.8. The number of hydrogen-bond acceptors (Lipinski definition) is 0. The van der Waals surface area contributed by atoms with E-state index in [-0.39, 0.29) is 29.1 Å². The van der Waals surface area contributed by atoms with Gasteiger partial charge >= 0.3 is 0 Å². The van der Waals surface area contributed by atoms with Crippen molar-refractivity contribution in [3.8, 4) is 0 Å². The van der Waals surface area contributed by atoms with Gasteiger partial charge in [-0.1, -0.05) is 224 Å². The number of halogens is 5. The molecule has 0 radical (unpaired) electrons. The Morgan fingerprint density at radius 1 is 0.217 bits per heavy atom. The van der Waals surface area contributed by atoms with Gasteiger partial charge in [0.25, 0.3) is 0 Å². The van der Waals surface area contributed by atoms with Gasteiger partial charge in [-0.2, -0.15) is 0 Å². The van der Waals surface area contributed by atoms with E-state index in [4.69, 9.17) is 0 Å². The highest BCUT2D eigenvalue weighted by molar-refractivity contribution is 5.31. The first kappa shape index (κ1) is 91.5. The van der Waals surface area contributed by atoms with Gasteiger partial charge in [0.05, 0.1) is 0 Å². The molecule has 0 N–H and O–H groups in total. The monoisotopic (exact) mass is 1580 g/mol. The molecular weight excluding hydrogens is 1420 g/mol. The van der Waals surface area contributed by atoms with Crippen molar-refractivity contribution in [3.05, 3.63) is 176 Å². The first-order valence-electron chi connectivity index (χ1n) is 49.6. The molecule has 0 amide bonds. The van der Waals surface area contributed by atoms with Gasteiger partial charge in [-0.15, -0.1) is 0 Å². The van der Waals surface area contributed by atoms with Crippen molar-refractivity contribution >= 4 is 0 Å². The van der Waals surface area contributed by atoms with Crippen LogP contribution in [0.2, 0.25) is 0 Å². The largest absolute Gasteiger partial charge is 0.207 e. The van der Waals surface area contributed by atoms with Crippen LogP contribution in [-0.4, -0.2) is 0 Å². The molecule has 10 fully saturated rings. The number of unbranched alkanes of at least 4 members (excludes halogenated alkanes) is 3. The van der Waals surface area contributed by atoms with Crippen molar-refractivity contribution < 1.29 is 22.0 Å². The first-order valence-corrected chi connectivity index (χ1v) is 49.6. The van der Waals surface area contributed by atoms with Gasteiger partial charge in [-0.05, 0) is 432 Å². The molecule has 115 heavy (non-hydrogen) atoms. The predicted molar refractivity (Wildman–Crippen MR) is 481 cm³/mol. The van der Waals surface area contributed by atoms with Crippen molar-refractivity contribution in [2.45, 2.75) is 420 Å². The van der Waals surface area contributed by atoms with Gasteiger partial charge in [0.2, 0.25) is 0 Å².